The van der Waals surface area contributed by atoms with E-state index in [4.69, 9.17) is 15.3 Å². The zero-order valence-corrected chi connectivity index (χ0v) is 9.41. The van der Waals surface area contributed by atoms with Gasteiger partial charge in [-0.2, -0.15) is 0 Å². The van der Waals surface area contributed by atoms with E-state index in [0.29, 0.717) is 0 Å². The third kappa shape index (κ3) is 2.61. The fourth-order valence-electron chi connectivity index (χ4n) is 1.53. The Hall–Kier alpha value is -1.26. The summed E-state index contributed by atoms with van der Waals surface area (Å²) in [5.74, 6) is 7.04. The van der Waals surface area contributed by atoms with Crippen molar-refractivity contribution in [3.63, 3.8) is 0 Å². The van der Waals surface area contributed by atoms with Gasteiger partial charge in [-0.25, -0.2) is 0 Å². The first-order valence-electron chi connectivity index (χ1n) is 4.94. The third-order valence-corrected chi connectivity index (χ3v) is 2.43. The molecule has 1 atom stereocenters. The van der Waals surface area contributed by atoms with Crippen LogP contribution < -0.4 is 20.7 Å². The molecular formula is C11H18N2O2. The van der Waals surface area contributed by atoms with Gasteiger partial charge in [0.2, 0.25) is 0 Å². The highest BCUT2D eigenvalue weighted by Gasteiger charge is 2.13. The Kier molecular flexibility index (Phi) is 4.39. The predicted molar refractivity (Wildman–Crippen MR) is 59.9 cm³/mol. The molecule has 1 rings (SSSR count). The van der Waals surface area contributed by atoms with Crippen LogP contribution in [-0.2, 0) is 0 Å². The topological polar surface area (TPSA) is 56.5 Å². The van der Waals surface area contributed by atoms with Crippen LogP contribution in [0.1, 0.15) is 24.9 Å². The molecule has 4 nitrogen and oxygen atoms in total. The molecule has 0 saturated carbocycles. The Morgan fingerprint density at radius 1 is 1.33 bits per heavy atom. The second-order valence-corrected chi connectivity index (χ2v) is 3.24. The first kappa shape index (κ1) is 11.8. The van der Waals surface area contributed by atoms with Gasteiger partial charge in [0.1, 0.15) is 11.5 Å². The van der Waals surface area contributed by atoms with Crippen LogP contribution in [0.25, 0.3) is 0 Å². The summed E-state index contributed by atoms with van der Waals surface area (Å²) in [7, 11) is 3.27. The lowest BCUT2D eigenvalue weighted by Crippen LogP contribution is -2.27. The average molecular weight is 210 g/mol. The molecule has 15 heavy (non-hydrogen) atoms. The van der Waals surface area contributed by atoms with Crippen LogP contribution >= 0.6 is 0 Å². The monoisotopic (exact) mass is 210 g/mol. The van der Waals surface area contributed by atoms with Crippen molar-refractivity contribution in [3.05, 3.63) is 23.8 Å². The van der Waals surface area contributed by atoms with Crippen LogP contribution in [0.4, 0.5) is 0 Å². The quantitative estimate of drug-likeness (QED) is 0.572. The fraction of sp³-hybridized carbons (Fsp3) is 0.455. The molecule has 0 saturated heterocycles. The van der Waals surface area contributed by atoms with Gasteiger partial charge in [-0.05, 0) is 12.5 Å². The van der Waals surface area contributed by atoms with Gasteiger partial charge in [0.05, 0.1) is 14.2 Å². The maximum atomic E-state index is 5.47. The largest absolute Gasteiger partial charge is 0.497 e. The first-order valence-corrected chi connectivity index (χ1v) is 4.94. The summed E-state index contributed by atoms with van der Waals surface area (Å²) in [4.78, 5) is 0. The Bertz CT molecular complexity index is 311. The number of ether oxygens (including phenoxy) is 2. The maximum absolute atomic E-state index is 5.47. The summed E-state index contributed by atoms with van der Waals surface area (Å²) in [5, 5.41) is 0. The van der Waals surface area contributed by atoms with Gasteiger partial charge in [0.15, 0.2) is 0 Å². The molecule has 0 fully saturated rings. The van der Waals surface area contributed by atoms with Crippen molar-refractivity contribution in [1.29, 1.82) is 0 Å². The fourth-order valence-corrected chi connectivity index (χ4v) is 1.53. The lowest BCUT2D eigenvalue weighted by Gasteiger charge is -2.17. The van der Waals surface area contributed by atoms with Crippen LogP contribution in [0.3, 0.4) is 0 Å². The summed E-state index contributed by atoms with van der Waals surface area (Å²) in [6, 6.07) is 5.82. The number of nitrogens with one attached hydrogen (secondary N) is 1. The highest BCUT2D eigenvalue weighted by molar-refractivity contribution is 5.42. The molecule has 0 bridgehead atoms. The second kappa shape index (κ2) is 5.58. The van der Waals surface area contributed by atoms with Crippen molar-refractivity contribution in [2.45, 2.75) is 19.4 Å². The van der Waals surface area contributed by atoms with Crippen molar-refractivity contribution in [3.8, 4) is 11.5 Å². The summed E-state index contributed by atoms with van der Waals surface area (Å²) in [6.45, 7) is 2.06. The number of benzene rings is 1. The molecule has 0 aromatic heterocycles. The van der Waals surface area contributed by atoms with Gasteiger partial charge in [-0.15, -0.1) is 0 Å². The number of nitrogens with two attached hydrogens (primary N) is 1. The minimum atomic E-state index is 0.103. The molecule has 0 aliphatic carbocycles. The summed E-state index contributed by atoms with van der Waals surface area (Å²) >= 11 is 0. The summed E-state index contributed by atoms with van der Waals surface area (Å²) < 4.78 is 10.4. The van der Waals surface area contributed by atoms with Crippen molar-refractivity contribution >= 4 is 0 Å². The second-order valence-electron chi connectivity index (χ2n) is 3.24. The van der Waals surface area contributed by atoms with Crippen LogP contribution in [0, 0.1) is 0 Å². The lowest BCUT2D eigenvalue weighted by molar-refractivity contribution is 0.383. The first-order chi connectivity index (χ1) is 7.26. The number of hydrogen-bond acceptors (Lipinski definition) is 4. The van der Waals surface area contributed by atoms with E-state index in [9.17, 15) is 0 Å². The van der Waals surface area contributed by atoms with E-state index < -0.39 is 0 Å². The molecule has 84 valence electrons. The van der Waals surface area contributed by atoms with Gasteiger partial charge >= 0.3 is 0 Å². The molecule has 3 N–H and O–H groups in total. The van der Waals surface area contributed by atoms with E-state index in [-0.39, 0.29) is 6.04 Å². The smallest absolute Gasteiger partial charge is 0.127 e. The van der Waals surface area contributed by atoms with E-state index in [2.05, 4.69) is 12.3 Å². The van der Waals surface area contributed by atoms with Crippen LogP contribution in [-0.4, -0.2) is 14.2 Å². The Balaban J connectivity index is 3.06. The standard InChI is InChI=1S/C11H18N2O2/c1-4-10(13-12)9-6-5-8(14-2)7-11(9)15-3/h5-7,10,13H,4,12H2,1-3H3/t10-/m1/s1. The van der Waals surface area contributed by atoms with Crippen LogP contribution in [0.15, 0.2) is 18.2 Å². The molecule has 4 heteroatoms. The van der Waals surface area contributed by atoms with E-state index in [1.807, 2.05) is 18.2 Å². The highest BCUT2D eigenvalue weighted by Crippen LogP contribution is 2.30. The van der Waals surface area contributed by atoms with Crippen molar-refractivity contribution in [2.24, 2.45) is 5.84 Å². The Morgan fingerprint density at radius 3 is 2.53 bits per heavy atom. The molecule has 0 unspecified atom stereocenters. The highest BCUT2D eigenvalue weighted by atomic mass is 16.5. The van der Waals surface area contributed by atoms with Crippen molar-refractivity contribution in [1.82, 2.24) is 5.43 Å². The molecule has 0 aliphatic rings. The average Bonchev–Trinajstić information content (AvgIpc) is 2.31. The third-order valence-electron chi connectivity index (χ3n) is 2.43. The predicted octanol–water partition coefficient (Wildman–Crippen LogP) is 1.62. The van der Waals surface area contributed by atoms with Crippen LogP contribution in [0.2, 0.25) is 0 Å². The normalized spacial score (nSPS) is 12.3. The minimum absolute atomic E-state index is 0.103. The summed E-state index contributed by atoms with van der Waals surface area (Å²) in [5.41, 5.74) is 3.80. The van der Waals surface area contributed by atoms with Gasteiger partial charge in [-0.1, -0.05) is 13.0 Å². The zero-order valence-electron chi connectivity index (χ0n) is 9.41. The van der Waals surface area contributed by atoms with E-state index in [1.165, 1.54) is 0 Å². The number of rotatable bonds is 5. The van der Waals surface area contributed by atoms with Gasteiger partial charge in [0, 0.05) is 17.7 Å². The molecule has 0 aliphatic heterocycles. The molecule has 1 aromatic rings. The molecule has 0 radical (unpaired) electrons. The van der Waals surface area contributed by atoms with Gasteiger partial charge in [0.25, 0.3) is 0 Å². The van der Waals surface area contributed by atoms with E-state index in [1.54, 1.807) is 14.2 Å². The molecule has 0 spiro atoms. The number of hydrazine groups is 1. The van der Waals surface area contributed by atoms with Crippen LogP contribution in [0.5, 0.6) is 11.5 Å². The SMILES string of the molecule is CC[C@@H](NN)c1ccc(OC)cc1OC. The summed E-state index contributed by atoms with van der Waals surface area (Å²) in [6.07, 6.45) is 0.902. The number of hydrogen-bond donors (Lipinski definition) is 2. The molecule has 0 heterocycles. The number of methoxy groups -OCH3 is 2. The van der Waals surface area contributed by atoms with Gasteiger partial charge in [-0.3, -0.25) is 11.3 Å². The minimum Gasteiger partial charge on any atom is -0.497 e. The molecule has 1 aromatic carbocycles. The van der Waals surface area contributed by atoms with E-state index in [0.717, 1.165) is 23.5 Å². The van der Waals surface area contributed by atoms with Crippen molar-refractivity contribution in [2.75, 3.05) is 14.2 Å². The van der Waals surface area contributed by atoms with E-state index >= 15 is 0 Å². The van der Waals surface area contributed by atoms with Gasteiger partial charge < -0.3 is 9.47 Å². The Labute approximate surface area is 90.3 Å². The lowest BCUT2D eigenvalue weighted by atomic mass is 10.0. The Morgan fingerprint density at radius 2 is 2.07 bits per heavy atom. The molecular weight excluding hydrogens is 192 g/mol. The maximum Gasteiger partial charge on any atom is 0.127 e. The van der Waals surface area contributed by atoms with Crippen molar-refractivity contribution < 1.29 is 9.47 Å². The molecule has 0 amide bonds. The zero-order chi connectivity index (χ0) is 11.3.